The predicted octanol–water partition coefficient (Wildman–Crippen LogP) is 8.65. The Kier molecular flexibility index (Phi) is 7.45. The van der Waals surface area contributed by atoms with Crippen LogP contribution in [0.5, 0.6) is 0 Å². The van der Waals surface area contributed by atoms with Crippen LogP contribution in [-0.2, 0) is 20.7 Å². The zero-order valence-electron chi connectivity index (χ0n) is 28.0. The van der Waals surface area contributed by atoms with Crippen LogP contribution in [0, 0.1) is 22.7 Å². The summed E-state index contributed by atoms with van der Waals surface area (Å²) in [7, 11) is 0. The third kappa shape index (κ3) is 4.52. The molecule has 5 nitrogen and oxygen atoms in total. The first-order valence-electron chi connectivity index (χ1n) is 16.9. The number of alkyl halides is 1. The molecule has 1 aromatic heterocycles. The summed E-state index contributed by atoms with van der Waals surface area (Å²) in [6.07, 6.45) is 6.49. The van der Waals surface area contributed by atoms with Gasteiger partial charge in [-0.25, -0.2) is 4.39 Å². The van der Waals surface area contributed by atoms with Gasteiger partial charge in [0.2, 0.25) is 0 Å². The van der Waals surface area contributed by atoms with E-state index in [1.54, 1.807) is 11.3 Å². The Morgan fingerprint density at radius 1 is 1.20 bits per heavy atom. The molecule has 2 heterocycles. The third-order valence-corrected chi connectivity index (χ3v) is 13.0. The van der Waals surface area contributed by atoms with Crippen molar-refractivity contribution in [2.24, 2.45) is 22.7 Å². The topological polar surface area (TPSA) is 67.8 Å². The molecule has 4 fully saturated rings. The minimum absolute atomic E-state index is 0.0139. The lowest BCUT2D eigenvalue weighted by Gasteiger charge is -2.62. The van der Waals surface area contributed by atoms with Gasteiger partial charge in [0.1, 0.15) is 0 Å². The highest BCUT2D eigenvalue weighted by atomic mass is 32.1. The van der Waals surface area contributed by atoms with E-state index in [1.807, 2.05) is 32.1 Å². The van der Waals surface area contributed by atoms with Gasteiger partial charge in [0.25, 0.3) is 0 Å². The molecule has 0 amide bonds. The summed E-state index contributed by atoms with van der Waals surface area (Å²) in [4.78, 5) is 15.0. The maximum Gasteiger partial charge on any atom is 0.194 e. The second-order valence-corrected chi connectivity index (χ2v) is 16.8. The van der Waals surface area contributed by atoms with Crippen LogP contribution in [0.15, 0.2) is 71.7 Å². The summed E-state index contributed by atoms with van der Waals surface area (Å²) in [6.45, 7) is 16.4. The number of ether oxygens (including phenoxy) is 2. The molecule has 5 aliphatic rings. The lowest BCUT2D eigenvalue weighted by atomic mass is 9.44. The summed E-state index contributed by atoms with van der Waals surface area (Å²) >= 11 is 1.59. The standard InChI is InChI=1S/C39H48FNO4S/c1-8-31(42)39-33(44-34(45-39)30-19-25(22-46-30)17-24-10-9-11-27(18-24)41-35(3,4)5)20-29-28-13-12-26-16-23(2)14-15-36(26,6)38(28,40)32(43)21-37(29,39)7/h9-11,14-16,18-19,22,28-29,32-34,41,43H,2,8,12-13,17,20-21H2,1,3-7H3/t28-,29-,32-,33+,34+,36-,37-,38-,39+/m0/s1. The van der Waals surface area contributed by atoms with Crippen LogP contribution in [0.4, 0.5) is 10.1 Å². The second kappa shape index (κ2) is 10.7. The van der Waals surface area contributed by atoms with Gasteiger partial charge in [-0.15, -0.1) is 11.3 Å². The molecule has 0 spiro atoms. The first-order chi connectivity index (χ1) is 21.6. The van der Waals surface area contributed by atoms with Gasteiger partial charge >= 0.3 is 0 Å². The molecule has 1 aromatic carbocycles. The quantitative estimate of drug-likeness (QED) is 0.329. The van der Waals surface area contributed by atoms with Crippen molar-refractivity contribution in [1.29, 1.82) is 0 Å². The zero-order chi connectivity index (χ0) is 32.9. The van der Waals surface area contributed by atoms with Crippen molar-refractivity contribution in [2.75, 3.05) is 5.32 Å². The molecule has 0 radical (unpaired) electrons. The monoisotopic (exact) mass is 645 g/mol. The molecule has 2 N–H and O–H groups in total. The number of anilines is 1. The first kappa shape index (κ1) is 32.0. The van der Waals surface area contributed by atoms with Crippen LogP contribution in [0.2, 0.25) is 0 Å². The molecule has 7 rings (SSSR count). The number of Topliss-reactive ketones (excluding diaryl/α,β-unsaturated/α-hetero) is 1. The van der Waals surface area contributed by atoms with Gasteiger partial charge in [-0.1, -0.05) is 56.4 Å². The van der Waals surface area contributed by atoms with E-state index >= 15 is 4.39 Å². The van der Waals surface area contributed by atoms with Crippen molar-refractivity contribution in [3.63, 3.8) is 0 Å². The van der Waals surface area contributed by atoms with E-state index in [0.29, 0.717) is 19.3 Å². The van der Waals surface area contributed by atoms with Crippen LogP contribution >= 0.6 is 11.3 Å². The highest BCUT2D eigenvalue weighted by molar-refractivity contribution is 7.10. The van der Waals surface area contributed by atoms with Crippen molar-refractivity contribution in [3.05, 3.63) is 87.7 Å². The normalized spacial score (nSPS) is 39.7. The van der Waals surface area contributed by atoms with E-state index in [4.69, 9.17) is 9.47 Å². The minimum atomic E-state index is -1.85. The Hall–Kier alpha value is -2.58. The number of thiophene rings is 1. The van der Waals surface area contributed by atoms with Crippen molar-refractivity contribution in [3.8, 4) is 0 Å². The molecule has 7 heteroatoms. The third-order valence-electron chi connectivity index (χ3n) is 12.0. The molecule has 0 bridgehead atoms. The van der Waals surface area contributed by atoms with E-state index < -0.39 is 46.5 Å². The Morgan fingerprint density at radius 2 is 1.98 bits per heavy atom. The maximum atomic E-state index is 17.7. The highest BCUT2D eigenvalue weighted by Crippen LogP contribution is 2.72. The molecular weight excluding hydrogens is 597 g/mol. The lowest BCUT2D eigenvalue weighted by molar-refractivity contribution is -0.230. The summed E-state index contributed by atoms with van der Waals surface area (Å²) in [5, 5.41) is 17.6. The highest BCUT2D eigenvalue weighted by Gasteiger charge is 2.79. The van der Waals surface area contributed by atoms with Crippen LogP contribution in [-0.4, -0.2) is 39.9 Å². The van der Waals surface area contributed by atoms with E-state index in [0.717, 1.165) is 40.1 Å². The van der Waals surface area contributed by atoms with E-state index in [9.17, 15) is 9.90 Å². The summed E-state index contributed by atoms with van der Waals surface area (Å²) < 4.78 is 31.3. The van der Waals surface area contributed by atoms with E-state index in [-0.39, 0.29) is 23.7 Å². The smallest absolute Gasteiger partial charge is 0.194 e. The average molecular weight is 646 g/mol. The van der Waals surface area contributed by atoms with Crippen molar-refractivity contribution >= 4 is 22.8 Å². The Bertz CT molecular complexity index is 1640. The molecule has 4 aliphatic carbocycles. The number of fused-ring (bicyclic) bond motifs is 7. The van der Waals surface area contributed by atoms with Gasteiger partial charge < -0.3 is 19.9 Å². The lowest BCUT2D eigenvalue weighted by Crippen LogP contribution is -2.69. The number of ketones is 1. The number of benzene rings is 1. The van der Waals surface area contributed by atoms with E-state index in [2.05, 4.69) is 75.3 Å². The molecule has 3 saturated carbocycles. The fourth-order valence-electron chi connectivity index (χ4n) is 9.96. The summed E-state index contributed by atoms with van der Waals surface area (Å²) in [5.41, 5.74) is 0.530. The molecule has 2 aromatic rings. The SMILES string of the molecule is C=C1C=C[C@@]2(C)C(=C1)CC[C@H]1[C@@H]3C[C@H]4O[C@@H](c5cc(Cc6cccc(NC(C)(C)C)c6)cs5)O[C@@]4(C(=O)CC)[C@@]3(C)C[C@H](O)[C@@]12F. The van der Waals surface area contributed by atoms with Crippen LogP contribution < -0.4 is 5.32 Å². The van der Waals surface area contributed by atoms with Gasteiger partial charge in [-0.2, -0.15) is 0 Å². The predicted molar refractivity (Wildman–Crippen MR) is 182 cm³/mol. The van der Waals surface area contributed by atoms with Crippen molar-refractivity contribution in [2.45, 2.75) is 115 Å². The van der Waals surface area contributed by atoms with Crippen LogP contribution in [0.25, 0.3) is 0 Å². The molecule has 1 saturated heterocycles. The summed E-state index contributed by atoms with van der Waals surface area (Å²) in [5.74, 6) is -0.596. The van der Waals surface area contributed by atoms with Crippen molar-refractivity contribution in [1.82, 2.24) is 0 Å². The van der Waals surface area contributed by atoms with Crippen molar-refractivity contribution < 1.29 is 23.8 Å². The number of halogens is 1. The molecular formula is C39H48FNO4S. The summed E-state index contributed by atoms with van der Waals surface area (Å²) in [6, 6.07) is 10.6. The number of nitrogens with one attached hydrogen (secondary N) is 1. The molecule has 9 atom stereocenters. The second-order valence-electron chi connectivity index (χ2n) is 15.9. The van der Waals surface area contributed by atoms with Gasteiger partial charge in [0.15, 0.2) is 23.3 Å². The largest absolute Gasteiger partial charge is 0.390 e. The Labute approximate surface area is 277 Å². The number of hydrogen-bond donors (Lipinski definition) is 2. The Morgan fingerprint density at radius 3 is 2.72 bits per heavy atom. The molecule has 246 valence electrons. The minimum Gasteiger partial charge on any atom is -0.390 e. The first-order valence-corrected chi connectivity index (χ1v) is 17.8. The number of allylic oxidation sites excluding steroid dienone is 5. The van der Waals surface area contributed by atoms with E-state index in [1.165, 1.54) is 5.56 Å². The fourth-order valence-corrected chi connectivity index (χ4v) is 10.8. The zero-order valence-corrected chi connectivity index (χ0v) is 28.8. The fraction of sp³-hybridized carbons (Fsp3) is 0.564. The number of hydrogen-bond acceptors (Lipinski definition) is 6. The average Bonchev–Trinajstić information content (AvgIpc) is 3.66. The molecule has 46 heavy (non-hydrogen) atoms. The van der Waals surface area contributed by atoms with Gasteiger partial charge in [0.05, 0.1) is 17.1 Å². The molecule has 1 aliphatic heterocycles. The van der Waals surface area contributed by atoms with Crippen LogP contribution in [0.1, 0.15) is 95.9 Å². The molecule has 0 unspecified atom stereocenters. The van der Waals surface area contributed by atoms with Gasteiger partial charge in [0, 0.05) is 34.4 Å². The van der Waals surface area contributed by atoms with Gasteiger partial charge in [-0.05, 0) is 106 Å². The Balaban J connectivity index is 1.17. The number of carbonyl (C=O) groups excluding carboxylic acids is 1. The number of rotatable bonds is 6. The number of carbonyl (C=O) groups is 1. The van der Waals surface area contributed by atoms with Gasteiger partial charge in [-0.3, -0.25) is 4.79 Å². The van der Waals surface area contributed by atoms with Crippen LogP contribution in [0.3, 0.4) is 0 Å². The number of aliphatic hydroxyl groups excluding tert-OH is 1. The maximum absolute atomic E-state index is 17.7. The number of aliphatic hydroxyl groups is 1.